The van der Waals surface area contributed by atoms with E-state index >= 15 is 0 Å². The molecule has 0 heterocycles. The van der Waals surface area contributed by atoms with Crippen LogP contribution in [0.25, 0.3) is 0 Å². The van der Waals surface area contributed by atoms with E-state index in [0.29, 0.717) is 0 Å². The lowest BCUT2D eigenvalue weighted by Gasteiger charge is -2.07. The third-order valence-corrected chi connectivity index (χ3v) is 2.29. The predicted octanol–water partition coefficient (Wildman–Crippen LogP) is -0.204. The molecule has 0 atom stereocenters. The molecule has 0 aromatic rings. The standard InChI is InChI=1S/C11H16N2O6/c1-6(7(2)10(16)17)9(15)13-11(18)12-5-4-8(14)19-3/h4-5H2,1-3H3,(H,16,17)(H2,12,13,15,18). The molecule has 0 aliphatic carbocycles. The van der Waals surface area contributed by atoms with Gasteiger partial charge in [0.25, 0.3) is 5.91 Å². The second-order valence-corrected chi connectivity index (χ2v) is 3.59. The summed E-state index contributed by atoms with van der Waals surface area (Å²) in [5.74, 6) is -2.54. The van der Waals surface area contributed by atoms with Crippen LogP contribution in [0.3, 0.4) is 0 Å². The van der Waals surface area contributed by atoms with E-state index in [1.807, 2.05) is 5.32 Å². The van der Waals surface area contributed by atoms with Gasteiger partial charge in [0, 0.05) is 17.7 Å². The number of rotatable bonds is 5. The number of nitrogens with one attached hydrogen (secondary N) is 2. The number of amides is 3. The average Bonchev–Trinajstić information content (AvgIpc) is 2.36. The van der Waals surface area contributed by atoms with Crippen molar-refractivity contribution >= 4 is 23.9 Å². The molecule has 3 amide bonds. The Labute approximate surface area is 109 Å². The molecule has 0 aliphatic rings. The van der Waals surface area contributed by atoms with Crippen molar-refractivity contribution in [1.82, 2.24) is 10.6 Å². The normalized spacial score (nSPS) is 11.1. The summed E-state index contributed by atoms with van der Waals surface area (Å²) >= 11 is 0. The van der Waals surface area contributed by atoms with Gasteiger partial charge in [-0.1, -0.05) is 0 Å². The Morgan fingerprint density at radius 2 is 1.68 bits per heavy atom. The van der Waals surface area contributed by atoms with Crippen molar-refractivity contribution < 1.29 is 29.0 Å². The molecule has 0 unspecified atom stereocenters. The molecular weight excluding hydrogens is 256 g/mol. The number of hydrogen-bond donors (Lipinski definition) is 3. The molecule has 0 fully saturated rings. The Morgan fingerprint density at radius 3 is 2.16 bits per heavy atom. The Bertz CT molecular complexity index is 427. The molecule has 0 saturated carbocycles. The Hall–Kier alpha value is -2.38. The maximum atomic E-state index is 11.5. The molecule has 0 spiro atoms. The number of imide groups is 1. The first-order valence-electron chi connectivity index (χ1n) is 5.36. The highest BCUT2D eigenvalue weighted by Gasteiger charge is 2.15. The summed E-state index contributed by atoms with van der Waals surface area (Å²) in [7, 11) is 1.22. The van der Waals surface area contributed by atoms with Crippen LogP contribution in [-0.2, 0) is 19.1 Å². The number of hydrogen-bond acceptors (Lipinski definition) is 5. The minimum Gasteiger partial charge on any atom is -0.478 e. The minimum absolute atomic E-state index is 0.00641. The van der Waals surface area contributed by atoms with Crippen LogP contribution in [0.2, 0.25) is 0 Å². The lowest BCUT2D eigenvalue weighted by molar-refractivity contribution is -0.140. The maximum Gasteiger partial charge on any atom is 0.331 e. The van der Waals surface area contributed by atoms with Crippen LogP contribution in [0, 0.1) is 0 Å². The van der Waals surface area contributed by atoms with E-state index in [0.717, 1.165) is 0 Å². The summed E-state index contributed by atoms with van der Waals surface area (Å²) in [4.78, 5) is 44.1. The molecule has 0 aromatic heterocycles. The van der Waals surface area contributed by atoms with Crippen molar-refractivity contribution in [3.05, 3.63) is 11.1 Å². The highest BCUT2D eigenvalue weighted by atomic mass is 16.5. The van der Waals surface area contributed by atoms with Crippen LogP contribution >= 0.6 is 0 Å². The van der Waals surface area contributed by atoms with Gasteiger partial charge in [-0.25, -0.2) is 9.59 Å². The first kappa shape index (κ1) is 16.6. The summed E-state index contributed by atoms with van der Waals surface area (Å²) in [5, 5.41) is 12.9. The Balaban J connectivity index is 4.28. The molecule has 19 heavy (non-hydrogen) atoms. The van der Waals surface area contributed by atoms with E-state index in [-0.39, 0.29) is 24.1 Å². The summed E-state index contributed by atoms with van der Waals surface area (Å²) in [6.45, 7) is 2.55. The van der Waals surface area contributed by atoms with E-state index in [1.54, 1.807) is 0 Å². The Morgan fingerprint density at radius 1 is 1.11 bits per heavy atom. The number of urea groups is 1. The maximum absolute atomic E-state index is 11.5. The SMILES string of the molecule is COC(=O)CCNC(=O)NC(=O)C(C)=C(C)C(=O)O. The topological polar surface area (TPSA) is 122 Å². The first-order chi connectivity index (χ1) is 8.79. The molecular formula is C11H16N2O6. The lowest BCUT2D eigenvalue weighted by atomic mass is 10.1. The fourth-order valence-electron chi connectivity index (χ4n) is 0.952. The van der Waals surface area contributed by atoms with Crippen LogP contribution in [0.1, 0.15) is 20.3 Å². The summed E-state index contributed by atoms with van der Waals surface area (Å²) < 4.78 is 4.36. The number of carboxylic acids is 1. The van der Waals surface area contributed by atoms with E-state index < -0.39 is 23.9 Å². The van der Waals surface area contributed by atoms with Crippen molar-refractivity contribution in [2.24, 2.45) is 0 Å². The van der Waals surface area contributed by atoms with Crippen LogP contribution < -0.4 is 10.6 Å². The van der Waals surface area contributed by atoms with Gasteiger partial charge < -0.3 is 15.2 Å². The third-order valence-electron chi connectivity index (χ3n) is 2.29. The number of carboxylic acid groups (broad SMARTS) is 1. The van der Waals surface area contributed by atoms with Crippen molar-refractivity contribution in [2.45, 2.75) is 20.3 Å². The zero-order chi connectivity index (χ0) is 15.0. The number of aliphatic carboxylic acids is 1. The molecule has 0 aromatic carbocycles. The van der Waals surface area contributed by atoms with Gasteiger partial charge in [0.05, 0.1) is 13.5 Å². The monoisotopic (exact) mass is 272 g/mol. The predicted molar refractivity (Wildman–Crippen MR) is 64.2 cm³/mol. The van der Waals surface area contributed by atoms with Gasteiger partial charge in [-0.05, 0) is 13.8 Å². The first-order valence-corrected chi connectivity index (χ1v) is 5.36. The van der Waals surface area contributed by atoms with Gasteiger partial charge in [-0.15, -0.1) is 0 Å². The van der Waals surface area contributed by atoms with Crippen LogP contribution in [0.4, 0.5) is 4.79 Å². The average molecular weight is 272 g/mol. The van der Waals surface area contributed by atoms with Crippen molar-refractivity contribution in [1.29, 1.82) is 0 Å². The van der Waals surface area contributed by atoms with Gasteiger partial charge in [0.1, 0.15) is 0 Å². The van der Waals surface area contributed by atoms with Gasteiger partial charge >= 0.3 is 18.0 Å². The summed E-state index contributed by atoms with van der Waals surface area (Å²) in [6, 6.07) is -0.813. The molecule has 0 aliphatic heterocycles. The molecule has 8 heteroatoms. The molecule has 0 radical (unpaired) electrons. The number of methoxy groups -OCH3 is 1. The van der Waals surface area contributed by atoms with E-state index in [2.05, 4.69) is 10.1 Å². The fraction of sp³-hybridized carbons (Fsp3) is 0.455. The highest BCUT2D eigenvalue weighted by molar-refractivity contribution is 6.07. The van der Waals surface area contributed by atoms with E-state index in [4.69, 9.17) is 5.11 Å². The zero-order valence-electron chi connectivity index (χ0n) is 10.9. The second-order valence-electron chi connectivity index (χ2n) is 3.59. The quantitative estimate of drug-likeness (QED) is 0.470. The number of ether oxygens (including phenoxy) is 1. The number of carbonyl (C=O) groups excluding carboxylic acids is 3. The summed E-state index contributed by atoms with van der Waals surface area (Å²) in [6.07, 6.45) is -0.0267. The largest absolute Gasteiger partial charge is 0.478 e. The van der Waals surface area contributed by atoms with Crippen LogP contribution in [0.15, 0.2) is 11.1 Å². The zero-order valence-corrected chi connectivity index (χ0v) is 10.9. The molecule has 8 nitrogen and oxygen atoms in total. The van der Waals surface area contributed by atoms with Gasteiger partial charge in [-0.3, -0.25) is 14.9 Å². The van der Waals surface area contributed by atoms with Crippen LogP contribution in [0.5, 0.6) is 0 Å². The molecule has 0 bridgehead atoms. The third kappa shape index (κ3) is 6.20. The minimum atomic E-state index is -1.24. The molecule has 3 N–H and O–H groups in total. The van der Waals surface area contributed by atoms with E-state index in [1.165, 1.54) is 21.0 Å². The van der Waals surface area contributed by atoms with Crippen molar-refractivity contribution in [3.8, 4) is 0 Å². The molecule has 106 valence electrons. The van der Waals surface area contributed by atoms with Gasteiger partial charge in [0.15, 0.2) is 0 Å². The van der Waals surface area contributed by atoms with Gasteiger partial charge in [-0.2, -0.15) is 0 Å². The summed E-state index contributed by atoms with van der Waals surface area (Å²) in [5.41, 5.74) is -0.226. The fourth-order valence-corrected chi connectivity index (χ4v) is 0.952. The molecule has 0 saturated heterocycles. The Kier molecular flexibility index (Phi) is 6.87. The second kappa shape index (κ2) is 7.85. The van der Waals surface area contributed by atoms with Crippen molar-refractivity contribution in [2.75, 3.05) is 13.7 Å². The number of esters is 1. The number of carbonyl (C=O) groups is 4. The van der Waals surface area contributed by atoms with Gasteiger partial charge in [0.2, 0.25) is 0 Å². The highest BCUT2D eigenvalue weighted by Crippen LogP contribution is 2.03. The van der Waals surface area contributed by atoms with E-state index in [9.17, 15) is 19.2 Å². The smallest absolute Gasteiger partial charge is 0.331 e. The van der Waals surface area contributed by atoms with Crippen molar-refractivity contribution in [3.63, 3.8) is 0 Å². The van der Waals surface area contributed by atoms with Crippen LogP contribution in [-0.4, -0.2) is 42.6 Å². The lowest BCUT2D eigenvalue weighted by Crippen LogP contribution is -2.41. The molecule has 0 rings (SSSR count).